The number of thiophene rings is 1. The molecule has 1 aromatic heterocycles. The average molecular weight is 332 g/mol. The normalized spacial score (nSPS) is 12.8. The molecule has 1 heteroatoms. The maximum absolute atomic E-state index is 2.32. The van der Waals surface area contributed by atoms with E-state index in [1.54, 1.807) is 0 Å². The first kappa shape index (κ1) is 12.5. The molecular formula is C24H12S. The molecule has 0 saturated heterocycles. The third-order valence-corrected chi connectivity index (χ3v) is 7.00. The number of hydrogen-bond acceptors (Lipinski definition) is 1. The second-order valence-corrected chi connectivity index (χ2v) is 7.95. The van der Waals surface area contributed by atoms with Crippen LogP contribution in [-0.2, 0) is 0 Å². The van der Waals surface area contributed by atoms with Gasteiger partial charge in [-0.05, 0) is 26.9 Å². The summed E-state index contributed by atoms with van der Waals surface area (Å²) < 4.78 is 2.96. The van der Waals surface area contributed by atoms with Crippen LogP contribution in [0, 0.1) is 0 Å². The van der Waals surface area contributed by atoms with Crippen LogP contribution in [0.1, 0.15) is 0 Å². The maximum atomic E-state index is 2.32. The summed E-state index contributed by atoms with van der Waals surface area (Å²) in [4.78, 5) is 0. The third-order valence-electron chi connectivity index (χ3n) is 5.76. The van der Waals surface area contributed by atoms with Crippen LogP contribution in [0.5, 0.6) is 0 Å². The van der Waals surface area contributed by atoms with Gasteiger partial charge in [-0.25, -0.2) is 0 Å². The number of hydrogen-bond donors (Lipinski definition) is 0. The van der Waals surface area contributed by atoms with Crippen LogP contribution < -0.4 is 0 Å². The summed E-state index contributed by atoms with van der Waals surface area (Å²) >= 11 is 1.98. The van der Waals surface area contributed by atoms with Crippen molar-refractivity contribution in [2.24, 2.45) is 0 Å². The molecule has 7 rings (SSSR count). The minimum atomic E-state index is 1.34. The smallest absolute Gasteiger partial charge is 0.0447 e. The Kier molecular flexibility index (Phi) is 2.00. The molecular weight excluding hydrogens is 320 g/mol. The van der Waals surface area contributed by atoms with E-state index in [2.05, 4.69) is 72.8 Å². The van der Waals surface area contributed by atoms with Crippen molar-refractivity contribution in [3.05, 3.63) is 72.8 Å². The van der Waals surface area contributed by atoms with Gasteiger partial charge < -0.3 is 0 Å². The summed E-state index contributed by atoms with van der Waals surface area (Å²) in [5.74, 6) is 0. The van der Waals surface area contributed by atoms with Crippen molar-refractivity contribution in [1.29, 1.82) is 0 Å². The maximum Gasteiger partial charge on any atom is 0.0447 e. The Morgan fingerprint density at radius 3 is 1.80 bits per heavy atom. The summed E-state index contributed by atoms with van der Waals surface area (Å²) in [6.45, 7) is 0. The second kappa shape index (κ2) is 4.01. The molecule has 0 N–H and O–H groups in total. The Hall–Kier alpha value is -2.90. The molecule has 0 atom stereocenters. The molecule has 6 aromatic carbocycles. The lowest BCUT2D eigenvalue weighted by atomic mass is 9.88. The van der Waals surface area contributed by atoms with Gasteiger partial charge in [-0.2, -0.15) is 0 Å². The van der Waals surface area contributed by atoms with E-state index in [0.29, 0.717) is 0 Å². The van der Waals surface area contributed by atoms with E-state index in [1.807, 2.05) is 11.3 Å². The zero-order valence-electron chi connectivity index (χ0n) is 13.3. The number of fused-ring (bicyclic) bond motifs is 13. The first-order valence-corrected chi connectivity index (χ1v) is 9.45. The summed E-state index contributed by atoms with van der Waals surface area (Å²) in [6, 6.07) is 26.7. The molecule has 0 aliphatic carbocycles. The molecule has 0 unspecified atom stereocenters. The lowest BCUT2D eigenvalue weighted by molar-refractivity contribution is 1.81. The van der Waals surface area contributed by atoms with Gasteiger partial charge in [-0.3, -0.25) is 0 Å². The Labute approximate surface area is 147 Å². The zero-order chi connectivity index (χ0) is 16.1. The highest BCUT2D eigenvalue weighted by molar-refractivity contribution is 7.29. The summed E-state index contributed by atoms with van der Waals surface area (Å²) in [6.07, 6.45) is 0. The molecule has 0 aliphatic rings. The van der Waals surface area contributed by atoms with Crippen LogP contribution in [0.4, 0.5) is 0 Å². The zero-order valence-corrected chi connectivity index (χ0v) is 14.2. The van der Waals surface area contributed by atoms with Gasteiger partial charge in [0.2, 0.25) is 0 Å². The van der Waals surface area contributed by atoms with Gasteiger partial charge in [0, 0.05) is 36.3 Å². The Morgan fingerprint density at radius 2 is 1.04 bits per heavy atom. The van der Waals surface area contributed by atoms with Crippen LogP contribution >= 0.6 is 11.3 Å². The number of rotatable bonds is 0. The highest BCUT2D eigenvalue weighted by Crippen LogP contribution is 2.55. The van der Waals surface area contributed by atoms with Crippen molar-refractivity contribution < 1.29 is 0 Å². The van der Waals surface area contributed by atoms with Gasteiger partial charge in [0.05, 0.1) is 0 Å². The molecule has 25 heavy (non-hydrogen) atoms. The molecule has 114 valence electrons. The van der Waals surface area contributed by atoms with Crippen LogP contribution in [0.25, 0.3) is 63.3 Å². The molecule has 0 radical (unpaired) electrons. The van der Waals surface area contributed by atoms with E-state index in [-0.39, 0.29) is 0 Å². The van der Waals surface area contributed by atoms with E-state index >= 15 is 0 Å². The van der Waals surface area contributed by atoms with Crippen molar-refractivity contribution in [1.82, 2.24) is 0 Å². The standard InChI is InChI=1S/C24H12S/c1-3-7-15-13(5-1)10-12-18-19(15)22-21-17-11-9-14-6-2-4-8-16(14)20(17)24(21)25-23(18)22/h1-12H. The van der Waals surface area contributed by atoms with E-state index < -0.39 is 0 Å². The van der Waals surface area contributed by atoms with Crippen molar-refractivity contribution in [3.8, 4) is 0 Å². The van der Waals surface area contributed by atoms with Crippen molar-refractivity contribution in [3.63, 3.8) is 0 Å². The lowest BCUT2D eigenvalue weighted by Gasteiger charge is -2.14. The van der Waals surface area contributed by atoms with Crippen LogP contribution in [-0.4, -0.2) is 0 Å². The second-order valence-electron chi connectivity index (χ2n) is 6.93. The molecule has 7 aromatic rings. The van der Waals surface area contributed by atoms with Gasteiger partial charge in [0.15, 0.2) is 0 Å². The first-order chi connectivity index (χ1) is 12.4. The van der Waals surface area contributed by atoms with Gasteiger partial charge in [-0.1, -0.05) is 72.8 Å². The van der Waals surface area contributed by atoms with E-state index in [1.165, 1.54) is 63.3 Å². The molecule has 0 spiro atoms. The van der Waals surface area contributed by atoms with Crippen LogP contribution in [0.15, 0.2) is 72.8 Å². The fourth-order valence-electron chi connectivity index (χ4n) is 4.62. The minimum Gasteiger partial charge on any atom is -0.134 e. The first-order valence-electron chi connectivity index (χ1n) is 8.63. The van der Waals surface area contributed by atoms with Crippen LogP contribution in [0.2, 0.25) is 0 Å². The largest absolute Gasteiger partial charge is 0.134 e. The quantitative estimate of drug-likeness (QED) is 0.269. The van der Waals surface area contributed by atoms with Gasteiger partial charge >= 0.3 is 0 Å². The van der Waals surface area contributed by atoms with Gasteiger partial charge in [0.1, 0.15) is 0 Å². The van der Waals surface area contributed by atoms with Crippen molar-refractivity contribution >= 4 is 74.6 Å². The average Bonchev–Trinajstić information content (AvgIpc) is 2.91. The lowest BCUT2D eigenvalue weighted by Crippen LogP contribution is -1.86. The van der Waals surface area contributed by atoms with Gasteiger partial charge in [-0.15, -0.1) is 11.3 Å². The molecule has 1 heterocycles. The monoisotopic (exact) mass is 332 g/mol. The van der Waals surface area contributed by atoms with E-state index in [4.69, 9.17) is 0 Å². The predicted octanol–water partition coefficient (Wildman–Crippen LogP) is 7.54. The molecule has 0 bridgehead atoms. The Bertz CT molecular complexity index is 1580. The summed E-state index contributed by atoms with van der Waals surface area (Å²) in [7, 11) is 0. The molecule has 0 nitrogen and oxygen atoms in total. The van der Waals surface area contributed by atoms with Gasteiger partial charge in [0.25, 0.3) is 0 Å². The molecule has 0 fully saturated rings. The topological polar surface area (TPSA) is 0 Å². The third kappa shape index (κ3) is 1.29. The number of benzene rings is 4. The minimum absolute atomic E-state index is 1.34. The Morgan fingerprint density at radius 1 is 0.400 bits per heavy atom. The summed E-state index contributed by atoms with van der Waals surface area (Å²) in [5.41, 5.74) is 0. The predicted molar refractivity (Wildman–Crippen MR) is 112 cm³/mol. The Balaban J connectivity index is 1.75. The van der Waals surface area contributed by atoms with Crippen molar-refractivity contribution in [2.45, 2.75) is 0 Å². The van der Waals surface area contributed by atoms with E-state index in [0.717, 1.165) is 0 Å². The highest BCUT2D eigenvalue weighted by Gasteiger charge is 2.24. The summed E-state index contributed by atoms with van der Waals surface area (Å²) in [5, 5.41) is 14.2. The van der Waals surface area contributed by atoms with E-state index in [9.17, 15) is 0 Å². The molecule has 0 amide bonds. The van der Waals surface area contributed by atoms with Crippen molar-refractivity contribution in [2.75, 3.05) is 0 Å². The fraction of sp³-hybridized carbons (Fsp3) is 0. The SMILES string of the molecule is c1ccc2c(c1)ccc1c2c2sc3c4ccc5ccccc5c4c3c12. The fourth-order valence-corrected chi connectivity index (χ4v) is 6.05. The molecule has 0 saturated carbocycles. The van der Waals surface area contributed by atoms with Crippen LogP contribution in [0.3, 0.4) is 0 Å². The molecule has 0 aliphatic heterocycles. The highest BCUT2D eigenvalue weighted by atomic mass is 32.1.